The molecule has 0 atom stereocenters. The predicted octanol–water partition coefficient (Wildman–Crippen LogP) is 2.53. The smallest absolute Gasteiger partial charge is 0.251 e. The lowest BCUT2D eigenvalue weighted by Gasteiger charge is -2.34. The van der Waals surface area contributed by atoms with Crippen LogP contribution in [0.15, 0.2) is 47.4 Å². The summed E-state index contributed by atoms with van der Waals surface area (Å²) in [4.78, 5) is 26.0. The van der Waals surface area contributed by atoms with E-state index in [1.54, 1.807) is 12.1 Å². The van der Waals surface area contributed by atoms with Gasteiger partial charge in [-0.1, -0.05) is 32.9 Å². The highest BCUT2D eigenvalue weighted by molar-refractivity contribution is 7.89. The van der Waals surface area contributed by atoms with E-state index in [2.05, 4.69) is 26.1 Å². The van der Waals surface area contributed by atoms with Crippen LogP contribution < -0.4 is 5.32 Å². The lowest BCUT2D eigenvalue weighted by molar-refractivity contribution is -0.131. The summed E-state index contributed by atoms with van der Waals surface area (Å²) in [5.74, 6) is -3.08. The first-order valence-electron chi connectivity index (χ1n) is 10.5. The van der Waals surface area contributed by atoms with Crippen molar-refractivity contribution in [1.29, 1.82) is 0 Å². The van der Waals surface area contributed by atoms with E-state index in [1.807, 2.05) is 12.1 Å². The summed E-state index contributed by atoms with van der Waals surface area (Å²) in [5.41, 5.74) is 1.50. The zero-order valence-corrected chi connectivity index (χ0v) is 19.6. The molecule has 2 aromatic carbocycles. The fourth-order valence-corrected chi connectivity index (χ4v) is 4.89. The lowest BCUT2D eigenvalue weighted by Crippen LogP contribution is -2.52. The summed E-state index contributed by atoms with van der Waals surface area (Å²) >= 11 is 0. The zero-order chi connectivity index (χ0) is 24.4. The average Bonchev–Trinajstić information content (AvgIpc) is 2.78. The third-order valence-corrected chi connectivity index (χ3v) is 7.43. The lowest BCUT2D eigenvalue weighted by atomic mass is 9.87. The summed E-state index contributed by atoms with van der Waals surface area (Å²) in [7, 11) is -4.01. The van der Waals surface area contributed by atoms with Gasteiger partial charge in [-0.15, -0.1) is 0 Å². The highest BCUT2D eigenvalue weighted by Gasteiger charge is 2.30. The van der Waals surface area contributed by atoms with Crippen LogP contribution in [0.5, 0.6) is 0 Å². The van der Waals surface area contributed by atoms with Gasteiger partial charge in [0.2, 0.25) is 15.9 Å². The first-order valence-corrected chi connectivity index (χ1v) is 12.0. The minimum absolute atomic E-state index is 0.00921. The van der Waals surface area contributed by atoms with E-state index in [9.17, 15) is 26.8 Å². The van der Waals surface area contributed by atoms with Crippen molar-refractivity contribution in [3.8, 4) is 0 Å². The second-order valence-corrected chi connectivity index (χ2v) is 10.8. The number of carbonyl (C=O) groups is 2. The van der Waals surface area contributed by atoms with Gasteiger partial charge in [-0.3, -0.25) is 9.59 Å². The molecule has 0 radical (unpaired) electrons. The minimum atomic E-state index is -4.01. The standard InChI is InChI=1S/C23H27F2N3O4S/c1-23(2,3)17-6-4-16(5-7-17)22(30)26-15-21(29)27-10-12-28(13-11-27)33(31,32)18-8-9-19(24)20(25)14-18/h4-9,14H,10-13,15H2,1-3H3,(H,26,30). The van der Waals surface area contributed by atoms with Gasteiger partial charge in [0.15, 0.2) is 11.6 Å². The molecular weight excluding hydrogens is 452 g/mol. The molecule has 2 aromatic rings. The van der Waals surface area contributed by atoms with Crippen molar-refractivity contribution in [2.75, 3.05) is 32.7 Å². The maximum Gasteiger partial charge on any atom is 0.251 e. The number of sulfonamides is 1. The van der Waals surface area contributed by atoms with Gasteiger partial charge in [0, 0.05) is 31.7 Å². The van der Waals surface area contributed by atoms with Crippen LogP contribution in [0.25, 0.3) is 0 Å². The molecule has 0 spiro atoms. The van der Waals surface area contributed by atoms with Gasteiger partial charge in [-0.25, -0.2) is 17.2 Å². The molecule has 33 heavy (non-hydrogen) atoms. The quantitative estimate of drug-likeness (QED) is 0.714. The maximum absolute atomic E-state index is 13.4. The predicted molar refractivity (Wildman–Crippen MR) is 119 cm³/mol. The molecule has 0 bridgehead atoms. The Morgan fingerprint density at radius 2 is 1.55 bits per heavy atom. The monoisotopic (exact) mass is 479 g/mol. The molecule has 7 nitrogen and oxygen atoms in total. The number of halogens is 2. The van der Waals surface area contributed by atoms with Crippen LogP contribution in [0.2, 0.25) is 0 Å². The van der Waals surface area contributed by atoms with Crippen LogP contribution in [-0.4, -0.2) is 62.2 Å². The number of nitrogens with zero attached hydrogens (tertiary/aromatic N) is 2. The Morgan fingerprint density at radius 3 is 2.09 bits per heavy atom. The highest BCUT2D eigenvalue weighted by atomic mass is 32.2. The summed E-state index contributed by atoms with van der Waals surface area (Å²) in [6.07, 6.45) is 0. The Labute approximate surface area is 192 Å². The van der Waals surface area contributed by atoms with Crippen molar-refractivity contribution in [3.05, 3.63) is 65.2 Å². The molecule has 1 saturated heterocycles. The first-order chi connectivity index (χ1) is 15.4. The highest BCUT2D eigenvalue weighted by Crippen LogP contribution is 2.22. The number of carbonyl (C=O) groups excluding carboxylic acids is 2. The Kier molecular flexibility index (Phi) is 7.18. The summed E-state index contributed by atoms with van der Waals surface area (Å²) in [6.45, 7) is 6.27. The van der Waals surface area contributed by atoms with Gasteiger partial charge in [0.05, 0.1) is 11.4 Å². The van der Waals surface area contributed by atoms with E-state index < -0.39 is 21.7 Å². The van der Waals surface area contributed by atoms with Crippen molar-refractivity contribution in [3.63, 3.8) is 0 Å². The Bertz CT molecular complexity index is 1140. The molecule has 178 valence electrons. The first kappa shape index (κ1) is 24.8. The van der Waals surface area contributed by atoms with Crippen LogP contribution in [0.3, 0.4) is 0 Å². The number of hydrogen-bond donors (Lipinski definition) is 1. The van der Waals surface area contributed by atoms with Gasteiger partial charge in [0.25, 0.3) is 5.91 Å². The van der Waals surface area contributed by atoms with Crippen molar-refractivity contribution >= 4 is 21.8 Å². The number of rotatable bonds is 5. The van der Waals surface area contributed by atoms with Gasteiger partial charge in [-0.05, 0) is 41.3 Å². The van der Waals surface area contributed by atoms with E-state index in [4.69, 9.17) is 0 Å². The molecule has 1 N–H and O–H groups in total. The van der Waals surface area contributed by atoms with Crippen LogP contribution in [0, 0.1) is 11.6 Å². The minimum Gasteiger partial charge on any atom is -0.343 e. The van der Waals surface area contributed by atoms with Crippen molar-refractivity contribution in [2.24, 2.45) is 0 Å². The van der Waals surface area contributed by atoms with Crippen LogP contribution in [0.4, 0.5) is 8.78 Å². The average molecular weight is 480 g/mol. The third kappa shape index (κ3) is 5.75. The second-order valence-electron chi connectivity index (χ2n) is 8.87. The van der Waals surface area contributed by atoms with Gasteiger partial charge in [0.1, 0.15) is 0 Å². The molecule has 0 unspecified atom stereocenters. The molecule has 0 aromatic heterocycles. The van der Waals surface area contributed by atoms with E-state index in [0.717, 1.165) is 22.0 Å². The SMILES string of the molecule is CC(C)(C)c1ccc(C(=O)NCC(=O)N2CCN(S(=O)(=O)c3ccc(F)c(F)c3)CC2)cc1. The van der Waals surface area contributed by atoms with Crippen molar-refractivity contribution < 1.29 is 26.8 Å². The van der Waals surface area contributed by atoms with Crippen molar-refractivity contribution in [1.82, 2.24) is 14.5 Å². The molecular formula is C23H27F2N3O4S. The van der Waals surface area contributed by atoms with E-state index >= 15 is 0 Å². The van der Waals surface area contributed by atoms with E-state index in [0.29, 0.717) is 11.6 Å². The van der Waals surface area contributed by atoms with Gasteiger partial charge >= 0.3 is 0 Å². The largest absolute Gasteiger partial charge is 0.343 e. The Morgan fingerprint density at radius 1 is 0.939 bits per heavy atom. The molecule has 10 heteroatoms. The van der Waals surface area contributed by atoms with Crippen LogP contribution in [-0.2, 0) is 20.2 Å². The third-order valence-electron chi connectivity index (χ3n) is 5.53. The molecule has 3 rings (SSSR count). The normalized spacial score (nSPS) is 15.4. The second kappa shape index (κ2) is 9.56. The Hall–Kier alpha value is -2.85. The molecule has 1 fully saturated rings. The fraction of sp³-hybridized carbons (Fsp3) is 0.391. The molecule has 0 aliphatic carbocycles. The summed E-state index contributed by atoms with van der Waals surface area (Å²) in [5, 5.41) is 2.59. The molecule has 1 aliphatic heterocycles. The van der Waals surface area contributed by atoms with Gasteiger partial charge in [-0.2, -0.15) is 4.31 Å². The molecule has 0 saturated carbocycles. The van der Waals surface area contributed by atoms with Crippen molar-refractivity contribution in [2.45, 2.75) is 31.1 Å². The maximum atomic E-state index is 13.4. The number of amides is 2. The summed E-state index contributed by atoms with van der Waals surface area (Å²) < 4.78 is 53.0. The van der Waals surface area contributed by atoms with E-state index in [-0.39, 0.29) is 54.8 Å². The van der Waals surface area contributed by atoms with Gasteiger partial charge < -0.3 is 10.2 Å². The van der Waals surface area contributed by atoms with Crippen LogP contribution >= 0.6 is 0 Å². The molecule has 1 heterocycles. The Balaban J connectivity index is 1.53. The van der Waals surface area contributed by atoms with E-state index in [1.165, 1.54) is 4.90 Å². The van der Waals surface area contributed by atoms with Crippen LogP contribution in [0.1, 0.15) is 36.7 Å². The number of benzene rings is 2. The fourth-order valence-electron chi connectivity index (χ4n) is 3.46. The number of piperazine rings is 1. The number of nitrogens with one attached hydrogen (secondary N) is 1. The number of hydrogen-bond acceptors (Lipinski definition) is 4. The molecule has 2 amide bonds. The zero-order valence-electron chi connectivity index (χ0n) is 18.8. The summed E-state index contributed by atoms with van der Waals surface area (Å²) in [6, 6.07) is 9.60. The topological polar surface area (TPSA) is 86.8 Å². The molecule has 1 aliphatic rings.